The molecule has 1 aromatic heterocycles. The van der Waals surface area contributed by atoms with Crippen LogP contribution < -0.4 is 16.4 Å². The highest BCUT2D eigenvalue weighted by Crippen LogP contribution is 2.24. The number of nitrogens with two attached hydrogens (primary N) is 1. The van der Waals surface area contributed by atoms with Crippen LogP contribution in [0.2, 0.25) is 0 Å². The second-order valence-corrected chi connectivity index (χ2v) is 6.02. The molecule has 128 valence electrons. The predicted molar refractivity (Wildman–Crippen MR) is 104 cm³/mol. The number of nitrogen functional groups attached to an aromatic ring is 1. The number of alkyl halides is 1. The van der Waals surface area contributed by atoms with Crippen LogP contribution >= 0.6 is 11.6 Å². The van der Waals surface area contributed by atoms with Crippen LogP contribution in [0.5, 0.6) is 0 Å². The van der Waals surface area contributed by atoms with E-state index in [-0.39, 0.29) is 17.6 Å². The third kappa shape index (κ3) is 3.83. The molecule has 0 spiro atoms. The number of carbonyl (C=O) groups is 1. The van der Waals surface area contributed by atoms with E-state index in [0.717, 1.165) is 0 Å². The van der Waals surface area contributed by atoms with Crippen molar-refractivity contribution >= 4 is 45.6 Å². The molecule has 0 unspecified atom stereocenters. The van der Waals surface area contributed by atoms with E-state index in [1.54, 1.807) is 12.1 Å². The summed E-state index contributed by atoms with van der Waals surface area (Å²) >= 11 is 5.48. The first-order valence-corrected chi connectivity index (χ1v) is 8.45. The highest BCUT2D eigenvalue weighted by Gasteiger charge is 2.07. The van der Waals surface area contributed by atoms with Crippen LogP contribution in [0.15, 0.2) is 48.5 Å². The average molecular weight is 355 g/mol. The number of anilines is 3. The Balaban J connectivity index is 1.77. The average Bonchev–Trinajstić information content (AvgIpc) is 2.63. The summed E-state index contributed by atoms with van der Waals surface area (Å²) in [7, 11) is 0. The lowest BCUT2D eigenvalue weighted by atomic mass is 10.0. The van der Waals surface area contributed by atoms with Crippen molar-refractivity contribution in [3.63, 3.8) is 0 Å². The van der Waals surface area contributed by atoms with Crippen LogP contribution in [0.3, 0.4) is 0 Å². The quantitative estimate of drug-likeness (QED) is 0.607. The van der Waals surface area contributed by atoms with Gasteiger partial charge < -0.3 is 16.4 Å². The SMILES string of the molecule is Cc1ccc(CNc2ccc(NC(=O)CCl)c(N)n2)c2ccccc12. The molecule has 3 aromatic rings. The van der Waals surface area contributed by atoms with Gasteiger partial charge in [0, 0.05) is 6.54 Å². The van der Waals surface area contributed by atoms with E-state index in [4.69, 9.17) is 17.3 Å². The molecule has 0 aliphatic heterocycles. The number of carbonyl (C=O) groups excluding carboxylic acids is 1. The van der Waals surface area contributed by atoms with E-state index < -0.39 is 0 Å². The number of hydrogen-bond acceptors (Lipinski definition) is 4. The molecule has 25 heavy (non-hydrogen) atoms. The van der Waals surface area contributed by atoms with E-state index in [1.165, 1.54) is 21.9 Å². The number of rotatable bonds is 5. The van der Waals surface area contributed by atoms with Crippen molar-refractivity contribution in [3.05, 3.63) is 59.7 Å². The summed E-state index contributed by atoms with van der Waals surface area (Å²) in [6.45, 7) is 2.73. The maximum absolute atomic E-state index is 11.3. The number of aryl methyl sites for hydroxylation is 1. The Labute approximate surface area is 151 Å². The molecule has 0 saturated carbocycles. The molecular formula is C19H19ClN4O. The van der Waals surface area contributed by atoms with Crippen LogP contribution in [-0.2, 0) is 11.3 Å². The highest BCUT2D eigenvalue weighted by atomic mass is 35.5. The van der Waals surface area contributed by atoms with Crippen LogP contribution in [0.4, 0.5) is 17.3 Å². The Bertz CT molecular complexity index is 926. The molecule has 6 heteroatoms. The molecule has 0 aliphatic carbocycles. The summed E-state index contributed by atoms with van der Waals surface area (Å²) in [5.41, 5.74) is 8.78. The number of aromatic nitrogens is 1. The van der Waals surface area contributed by atoms with Crippen molar-refractivity contribution in [1.82, 2.24) is 4.98 Å². The maximum atomic E-state index is 11.3. The van der Waals surface area contributed by atoms with Crippen LogP contribution in [-0.4, -0.2) is 16.8 Å². The van der Waals surface area contributed by atoms with Gasteiger partial charge in [-0.25, -0.2) is 4.98 Å². The van der Waals surface area contributed by atoms with Gasteiger partial charge in [-0.3, -0.25) is 4.79 Å². The number of halogens is 1. The summed E-state index contributed by atoms with van der Waals surface area (Å²) in [6.07, 6.45) is 0. The largest absolute Gasteiger partial charge is 0.382 e. The van der Waals surface area contributed by atoms with Gasteiger partial charge in [0.2, 0.25) is 5.91 Å². The lowest BCUT2D eigenvalue weighted by Gasteiger charge is -2.12. The smallest absolute Gasteiger partial charge is 0.239 e. The first-order valence-electron chi connectivity index (χ1n) is 7.92. The Kier molecular flexibility index (Phi) is 5.05. The van der Waals surface area contributed by atoms with Crippen molar-refractivity contribution < 1.29 is 4.79 Å². The van der Waals surface area contributed by atoms with Crippen LogP contribution in [0.1, 0.15) is 11.1 Å². The van der Waals surface area contributed by atoms with Crippen molar-refractivity contribution in [2.75, 3.05) is 22.2 Å². The molecule has 0 radical (unpaired) electrons. The number of pyridine rings is 1. The minimum Gasteiger partial charge on any atom is -0.382 e. The van der Waals surface area contributed by atoms with Gasteiger partial charge in [0.1, 0.15) is 17.5 Å². The molecule has 0 fully saturated rings. The molecule has 0 aliphatic rings. The third-order valence-corrected chi connectivity index (χ3v) is 4.26. The fraction of sp³-hybridized carbons (Fsp3) is 0.158. The minimum absolute atomic E-state index is 0.125. The molecule has 3 rings (SSSR count). The first kappa shape index (κ1) is 17.0. The molecule has 0 atom stereocenters. The lowest BCUT2D eigenvalue weighted by molar-refractivity contribution is -0.113. The predicted octanol–water partition coefficient (Wildman–Crippen LogP) is 3.91. The number of benzene rings is 2. The van der Waals surface area contributed by atoms with E-state index >= 15 is 0 Å². The van der Waals surface area contributed by atoms with Crippen molar-refractivity contribution in [3.8, 4) is 0 Å². The van der Waals surface area contributed by atoms with E-state index in [0.29, 0.717) is 18.1 Å². The molecule has 4 N–H and O–H groups in total. The highest BCUT2D eigenvalue weighted by molar-refractivity contribution is 6.29. The van der Waals surface area contributed by atoms with Gasteiger partial charge in [-0.2, -0.15) is 0 Å². The second kappa shape index (κ2) is 7.40. The zero-order valence-electron chi connectivity index (χ0n) is 13.8. The van der Waals surface area contributed by atoms with Crippen molar-refractivity contribution in [2.24, 2.45) is 0 Å². The molecule has 5 nitrogen and oxygen atoms in total. The number of hydrogen-bond donors (Lipinski definition) is 3. The van der Waals surface area contributed by atoms with Crippen molar-refractivity contribution in [2.45, 2.75) is 13.5 Å². The Morgan fingerprint density at radius 2 is 1.88 bits per heavy atom. The second-order valence-electron chi connectivity index (χ2n) is 5.75. The standard InChI is InChI=1S/C19H19ClN4O/c1-12-6-7-13(15-5-3-2-4-14(12)15)11-22-17-9-8-16(19(21)24-17)23-18(25)10-20/h2-9H,10-11H2,1H3,(H,23,25)(H3,21,22,24). The maximum Gasteiger partial charge on any atom is 0.239 e. The van der Waals surface area contributed by atoms with Gasteiger partial charge in [0.15, 0.2) is 0 Å². The molecule has 0 bridgehead atoms. The van der Waals surface area contributed by atoms with Gasteiger partial charge in [-0.1, -0.05) is 36.4 Å². The molecule has 0 saturated heterocycles. The lowest BCUT2D eigenvalue weighted by Crippen LogP contribution is -2.14. The summed E-state index contributed by atoms with van der Waals surface area (Å²) in [5.74, 6) is 0.449. The van der Waals surface area contributed by atoms with Gasteiger partial charge in [-0.05, 0) is 41.0 Å². The number of nitrogens with one attached hydrogen (secondary N) is 2. The van der Waals surface area contributed by atoms with Gasteiger partial charge in [0.05, 0.1) is 5.69 Å². The molecule has 1 amide bonds. The molecule has 1 heterocycles. The first-order chi connectivity index (χ1) is 12.1. The van der Waals surface area contributed by atoms with E-state index in [2.05, 4.69) is 46.8 Å². The van der Waals surface area contributed by atoms with Crippen LogP contribution in [0, 0.1) is 6.92 Å². The van der Waals surface area contributed by atoms with Gasteiger partial charge in [0.25, 0.3) is 0 Å². The summed E-state index contributed by atoms with van der Waals surface area (Å²) < 4.78 is 0. The summed E-state index contributed by atoms with van der Waals surface area (Å²) in [4.78, 5) is 15.6. The number of fused-ring (bicyclic) bond motifs is 1. The molecular weight excluding hydrogens is 336 g/mol. The van der Waals surface area contributed by atoms with Crippen molar-refractivity contribution in [1.29, 1.82) is 0 Å². The summed E-state index contributed by atoms with van der Waals surface area (Å²) in [5, 5.41) is 8.34. The molecule has 2 aromatic carbocycles. The minimum atomic E-state index is -0.318. The monoisotopic (exact) mass is 354 g/mol. The van der Waals surface area contributed by atoms with E-state index in [1.807, 2.05) is 12.1 Å². The van der Waals surface area contributed by atoms with Gasteiger partial charge >= 0.3 is 0 Å². The third-order valence-electron chi connectivity index (χ3n) is 4.01. The van der Waals surface area contributed by atoms with E-state index in [9.17, 15) is 4.79 Å². The number of nitrogens with zero attached hydrogens (tertiary/aromatic N) is 1. The van der Waals surface area contributed by atoms with Gasteiger partial charge in [-0.15, -0.1) is 11.6 Å². The normalized spacial score (nSPS) is 10.6. The van der Waals surface area contributed by atoms with Crippen LogP contribution in [0.25, 0.3) is 10.8 Å². The number of amides is 1. The Morgan fingerprint density at radius 1 is 1.12 bits per heavy atom. The zero-order chi connectivity index (χ0) is 17.8. The fourth-order valence-electron chi connectivity index (χ4n) is 2.71. The Morgan fingerprint density at radius 3 is 2.60 bits per heavy atom. The Hall–Kier alpha value is -2.79. The summed E-state index contributed by atoms with van der Waals surface area (Å²) in [6, 6.07) is 16.0. The topological polar surface area (TPSA) is 80.0 Å². The zero-order valence-corrected chi connectivity index (χ0v) is 14.6. The fourth-order valence-corrected chi connectivity index (χ4v) is 2.78.